The van der Waals surface area contributed by atoms with Crippen LogP contribution >= 0.6 is 11.8 Å². The molecule has 0 aromatic heterocycles. The van der Waals surface area contributed by atoms with Gasteiger partial charge in [-0.3, -0.25) is 9.80 Å². The number of carbonyl (C=O) groups is 1. The highest BCUT2D eigenvalue weighted by molar-refractivity contribution is 8.13. The molecule has 1 aromatic rings. The number of benzene rings is 1. The molecular formula is C16H24N2O3S. The van der Waals surface area contributed by atoms with Gasteiger partial charge in [-0.05, 0) is 38.0 Å². The van der Waals surface area contributed by atoms with Crippen LogP contribution in [0.15, 0.2) is 24.3 Å². The van der Waals surface area contributed by atoms with Gasteiger partial charge in [0.2, 0.25) is 0 Å². The Bertz CT molecular complexity index is 496. The lowest BCUT2D eigenvalue weighted by atomic mass is 10.2. The third-order valence-electron chi connectivity index (χ3n) is 3.47. The minimum atomic E-state index is -0.354. The smallest absolute Gasteiger partial charge is 0.296 e. The van der Waals surface area contributed by atoms with E-state index in [1.807, 2.05) is 36.2 Å². The molecule has 0 bridgehead atoms. The van der Waals surface area contributed by atoms with Crippen LogP contribution in [-0.4, -0.2) is 51.9 Å². The molecule has 1 aromatic carbocycles. The number of hydrogen-bond acceptors (Lipinski definition) is 5. The summed E-state index contributed by atoms with van der Waals surface area (Å²) in [6.45, 7) is 6.41. The molecule has 0 radical (unpaired) electrons. The standard InChI is InChI=1S/C16H24N2O3S/c1-3-21-15-6-4-5-14(11-15)12-18-16(20)22-10-9-17(18)8-7-13(2)19/h4-6,11,13,19H,3,7-10,12H2,1-2H3. The second-order valence-corrected chi connectivity index (χ2v) is 6.39. The number of carbonyl (C=O) groups excluding carboxylic acids is 1. The molecule has 1 N–H and O–H groups in total. The first-order chi connectivity index (χ1) is 10.6. The van der Waals surface area contributed by atoms with Crippen LogP contribution in [0.1, 0.15) is 25.8 Å². The van der Waals surface area contributed by atoms with Crippen LogP contribution in [0.4, 0.5) is 4.79 Å². The van der Waals surface area contributed by atoms with Crippen molar-refractivity contribution in [1.29, 1.82) is 0 Å². The molecule has 22 heavy (non-hydrogen) atoms. The van der Waals surface area contributed by atoms with Crippen LogP contribution in [0.3, 0.4) is 0 Å². The van der Waals surface area contributed by atoms with Gasteiger partial charge in [-0.1, -0.05) is 23.9 Å². The summed E-state index contributed by atoms with van der Waals surface area (Å²) in [7, 11) is 0. The molecule has 6 heteroatoms. The monoisotopic (exact) mass is 324 g/mol. The van der Waals surface area contributed by atoms with E-state index in [4.69, 9.17) is 4.74 Å². The Kier molecular flexibility index (Phi) is 6.54. The summed E-state index contributed by atoms with van der Waals surface area (Å²) in [4.78, 5) is 12.2. The maximum atomic E-state index is 12.2. The highest BCUT2D eigenvalue weighted by Gasteiger charge is 2.26. The molecular weight excluding hydrogens is 300 g/mol. The molecule has 1 saturated heterocycles. The molecule has 1 heterocycles. The van der Waals surface area contributed by atoms with Gasteiger partial charge in [0.1, 0.15) is 5.75 Å². The van der Waals surface area contributed by atoms with E-state index in [1.165, 1.54) is 11.8 Å². The van der Waals surface area contributed by atoms with Crippen molar-refractivity contribution in [1.82, 2.24) is 10.0 Å². The average Bonchev–Trinajstić information content (AvgIpc) is 2.48. The summed E-state index contributed by atoms with van der Waals surface area (Å²) < 4.78 is 5.51. The number of hydrogen-bond donors (Lipinski definition) is 1. The van der Waals surface area contributed by atoms with Crippen molar-refractivity contribution < 1.29 is 14.6 Å². The van der Waals surface area contributed by atoms with Crippen molar-refractivity contribution in [2.24, 2.45) is 0 Å². The first-order valence-corrected chi connectivity index (χ1v) is 8.67. The van der Waals surface area contributed by atoms with Crippen LogP contribution in [0.25, 0.3) is 0 Å². The summed E-state index contributed by atoms with van der Waals surface area (Å²) >= 11 is 1.35. The summed E-state index contributed by atoms with van der Waals surface area (Å²) in [5.74, 6) is 1.63. The maximum Gasteiger partial charge on any atom is 0.296 e. The van der Waals surface area contributed by atoms with Crippen molar-refractivity contribution >= 4 is 17.0 Å². The van der Waals surface area contributed by atoms with E-state index in [2.05, 4.69) is 0 Å². The summed E-state index contributed by atoms with van der Waals surface area (Å²) in [5, 5.41) is 13.4. The molecule has 1 aliphatic heterocycles. The predicted molar refractivity (Wildman–Crippen MR) is 88.9 cm³/mol. The molecule has 5 nitrogen and oxygen atoms in total. The van der Waals surface area contributed by atoms with Crippen LogP contribution in [0.2, 0.25) is 0 Å². The quantitative estimate of drug-likeness (QED) is 0.836. The van der Waals surface area contributed by atoms with E-state index in [0.29, 0.717) is 26.1 Å². The van der Waals surface area contributed by atoms with Gasteiger partial charge in [0, 0.05) is 18.8 Å². The van der Waals surface area contributed by atoms with E-state index in [0.717, 1.165) is 23.6 Å². The van der Waals surface area contributed by atoms with Crippen LogP contribution < -0.4 is 4.74 Å². The normalized spacial score (nSPS) is 17.6. The minimum absolute atomic E-state index is 0.0682. The Morgan fingerprint density at radius 3 is 3.00 bits per heavy atom. The fourth-order valence-electron chi connectivity index (χ4n) is 2.36. The molecule has 1 fully saturated rings. The number of rotatable bonds is 7. The number of ether oxygens (including phenoxy) is 1. The lowest BCUT2D eigenvalue weighted by Crippen LogP contribution is -2.49. The Hall–Kier alpha value is -1.24. The summed E-state index contributed by atoms with van der Waals surface area (Å²) in [6, 6.07) is 7.85. The first-order valence-electron chi connectivity index (χ1n) is 7.69. The van der Waals surface area contributed by atoms with Crippen molar-refractivity contribution in [3.8, 4) is 5.75 Å². The lowest BCUT2D eigenvalue weighted by Gasteiger charge is -2.38. The van der Waals surface area contributed by atoms with E-state index in [1.54, 1.807) is 11.9 Å². The molecule has 0 aliphatic carbocycles. The van der Waals surface area contributed by atoms with E-state index < -0.39 is 0 Å². The number of hydrazine groups is 1. The van der Waals surface area contributed by atoms with Gasteiger partial charge in [-0.15, -0.1) is 0 Å². The molecule has 0 saturated carbocycles. The first kappa shape index (κ1) is 17.1. The topological polar surface area (TPSA) is 53.0 Å². The maximum absolute atomic E-state index is 12.2. The second-order valence-electron chi connectivity index (χ2n) is 5.34. The molecule has 1 amide bonds. The van der Waals surface area contributed by atoms with Gasteiger partial charge in [-0.25, -0.2) is 5.01 Å². The van der Waals surface area contributed by atoms with Gasteiger partial charge in [0.25, 0.3) is 5.24 Å². The zero-order chi connectivity index (χ0) is 15.9. The molecule has 122 valence electrons. The fourth-order valence-corrected chi connectivity index (χ4v) is 3.16. The minimum Gasteiger partial charge on any atom is -0.494 e. The van der Waals surface area contributed by atoms with Gasteiger partial charge in [0.05, 0.1) is 19.3 Å². The molecule has 0 spiro atoms. The summed E-state index contributed by atoms with van der Waals surface area (Å²) in [6.07, 6.45) is 0.306. The molecule has 1 aliphatic rings. The number of nitrogens with zero attached hydrogens (tertiary/aromatic N) is 2. The molecule has 1 atom stereocenters. The molecule has 2 rings (SSSR count). The number of aliphatic hydroxyl groups excluding tert-OH is 1. The van der Waals surface area contributed by atoms with Crippen LogP contribution in [0, 0.1) is 0 Å². The summed E-state index contributed by atoms with van der Waals surface area (Å²) in [5.41, 5.74) is 1.05. The van der Waals surface area contributed by atoms with Crippen molar-refractivity contribution in [3.63, 3.8) is 0 Å². The average molecular weight is 324 g/mol. The van der Waals surface area contributed by atoms with E-state index in [-0.39, 0.29) is 11.3 Å². The Labute approximate surface area is 136 Å². The van der Waals surface area contributed by atoms with Gasteiger partial charge >= 0.3 is 0 Å². The van der Waals surface area contributed by atoms with Gasteiger partial charge in [-0.2, -0.15) is 0 Å². The highest BCUT2D eigenvalue weighted by atomic mass is 32.2. The fraction of sp³-hybridized carbons (Fsp3) is 0.562. The predicted octanol–water partition coefficient (Wildman–Crippen LogP) is 2.74. The zero-order valence-corrected chi connectivity index (χ0v) is 14.0. The zero-order valence-electron chi connectivity index (χ0n) is 13.2. The van der Waals surface area contributed by atoms with Crippen molar-refractivity contribution in [2.45, 2.75) is 32.9 Å². The number of aliphatic hydroxyl groups is 1. The molecule has 1 unspecified atom stereocenters. The van der Waals surface area contributed by atoms with Gasteiger partial charge < -0.3 is 9.84 Å². The second kappa shape index (κ2) is 8.41. The Morgan fingerprint density at radius 1 is 1.45 bits per heavy atom. The third kappa shape index (κ3) is 4.90. The Balaban J connectivity index is 2.05. The third-order valence-corrected chi connectivity index (χ3v) is 4.32. The SMILES string of the molecule is CCOc1cccc(CN2C(=O)SCCN2CCC(C)O)c1. The van der Waals surface area contributed by atoms with Crippen molar-refractivity contribution in [2.75, 3.05) is 25.4 Å². The van der Waals surface area contributed by atoms with Crippen molar-refractivity contribution in [3.05, 3.63) is 29.8 Å². The highest BCUT2D eigenvalue weighted by Crippen LogP contribution is 2.23. The number of thioether (sulfide) groups is 1. The van der Waals surface area contributed by atoms with Crippen LogP contribution in [0.5, 0.6) is 5.75 Å². The van der Waals surface area contributed by atoms with E-state index in [9.17, 15) is 9.90 Å². The van der Waals surface area contributed by atoms with Gasteiger partial charge in [0.15, 0.2) is 0 Å². The van der Waals surface area contributed by atoms with Crippen LogP contribution in [-0.2, 0) is 6.54 Å². The van der Waals surface area contributed by atoms with E-state index >= 15 is 0 Å². The lowest BCUT2D eigenvalue weighted by molar-refractivity contribution is 0.00946. The Morgan fingerprint density at radius 2 is 2.27 bits per heavy atom. The largest absolute Gasteiger partial charge is 0.494 e. The number of amides is 1.